The Balaban J connectivity index is 2.50. The van der Waals surface area contributed by atoms with Gasteiger partial charge in [-0.3, -0.25) is 0 Å². The molecule has 0 aliphatic rings. The van der Waals surface area contributed by atoms with Crippen LogP contribution in [0.15, 0.2) is 24.3 Å². The van der Waals surface area contributed by atoms with Gasteiger partial charge in [0.15, 0.2) is 0 Å². The molecule has 3 N–H and O–H groups in total. The van der Waals surface area contributed by atoms with Crippen LogP contribution in [-0.4, -0.2) is 29.5 Å². The highest BCUT2D eigenvalue weighted by Gasteiger charge is 2.07. The molecule has 0 spiro atoms. The molecule has 0 aliphatic carbocycles. The summed E-state index contributed by atoms with van der Waals surface area (Å²) >= 11 is 5.86. The molecule has 0 saturated carbocycles. The van der Waals surface area contributed by atoms with Crippen molar-refractivity contribution in [1.29, 1.82) is 0 Å². The number of hydrogen-bond donors (Lipinski definition) is 3. The molecule has 4 heteroatoms. The lowest BCUT2D eigenvalue weighted by atomic mass is 10.1. The van der Waals surface area contributed by atoms with Crippen molar-refractivity contribution in [3.05, 3.63) is 34.9 Å². The van der Waals surface area contributed by atoms with Gasteiger partial charge in [0, 0.05) is 17.6 Å². The average molecular weight is 230 g/mol. The average Bonchev–Trinajstić information content (AvgIpc) is 2.25. The fourth-order valence-electron chi connectivity index (χ4n) is 1.27. The van der Waals surface area contributed by atoms with Gasteiger partial charge in [-0.15, -0.1) is 0 Å². The van der Waals surface area contributed by atoms with Crippen molar-refractivity contribution in [3.63, 3.8) is 0 Å². The predicted octanol–water partition coefficient (Wildman–Crippen LogP) is 1.34. The third kappa shape index (κ3) is 4.18. The summed E-state index contributed by atoms with van der Waals surface area (Å²) in [6.07, 6.45) is -0.716. The van der Waals surface area contributed by atoms with E-state index in [-0.39, 0.29) is 12.6 Å². The molecule has 0 heterocycles. The van der Waals surface area contributed by atoms with E-state index < -0.39 is 6.10 Å². The first kappa shape index (κ1) is 12.5. The van der Waals surface area contributed by atoms with Crippen LogP contribution in [0.3, 0.4) is 0 Å². The van der Waals surface area contributed by atoms with Crippen LogP contribution in [-0.2, 0) is 0 Å². The summed E-state index contributed by atoms with van der Waals surface area (Å²) in [5.74, 6) is 0. The summed E-state index contributed by atoms with van der Waals surface area (Å²) in [7, 11) is 0. The molecule has 0 aliphatic heterocycles. The van der Waals surface area contributed by atoms with Crippen molar-refractivity contribution in [2.75, 3.05) is 13.2 Å². The zero-order valence-electron chi connectivity index (χ0n) is 8.65. The standard InChI is InChI=1S/C11H16ClNO2/c1-8(13-6-11(15)7-14)9-3-2-4-10(12)5-9/h2-5,8,11,13-15H,6-7H2,1H3/t8?,11-/m0/s1. The Morgan fingerprint density at radius 2 is 2.20 bits per heavy atom. The van der Waals surface area contributed by atoms with E-state index in [0.717, 1.165) is 5.56 Å². The van der Waals surface area contributed by atoms with Gasteiger partial charge >= 0.3 is 0 Å². The highest BCUT2D eigenvalue weighted by Crippen LogP contribution is 2.16. The molecular formula is C11H16ClNO2. The normalized spacial score (nSPS) is 14.9. The van der Waals surface area contributed by atoms with E-state index in [1.165, 1.54) is 0 Å². The molecule has 1 aromatic rings. The lowest BCUT2D eigenvalue weighted by Gasteiger charge is -2.16. The largest absolute Gasteiger partial charge is 0.394 e. The summed E-state index contributed by atoms with van der Waals surface area (Å²) in [5.41, 5.74) is 1.06. The van der Waals surface area contributed by atoms with Crippen LogP contribution >= 0.6 is 11.6 Å². The molecule has 15 heavy (non-hydrogen) atoms. The van der Waals surface area contributed by atoms with Gasteiger partial charge in [-0.1, -0.05) is 23.7 Å². The quantitative estimate of drug-likeness (QED) is 0.715. The molecule has 0 radical (unpaired) electrons. The van der Waals surface area contributed by atoms with Crippen LogP contribution in [0.2, 0.25) is 5.02 Å². The van der Waals surface area contributed by atoms with Gasteiger partial charge in [0.05, 0.1) is 12.7 Å². The minimum Gasteiger partial charge on any atom is -0.394 e. The van der Waals surface area contributed by atoms with Crippen LogP contribution < -0.4 is 5.32 Å². The second kappa shape index (κ2) is 6.08. The molecule has 1 rings (SSSR count). The van der Waals surface area contributed by atoms with Crippen molar-refractivity contribution < 1.29 is 10.2 Å². The first-order valence-electron chi connectivity index (χ1n) is 4.91. The van der Waals surface area contributed by atoms with Crippen LogP contribution in [0.25, 0.3) is 0 Å². The Kier molecular flexibility index (Phi) is 5.05. The maximum atomic E-state index is 9.17. The fraction of sp³-hybridized carbons (Fsp3) is 0.455. The van der Waals surface area contributed by atoms with E-state index in [0.29, 0.717) is 11.6 Å². The molecule has 0 amide bonds. The zero-order chi connectivity index (χ0) is 11.3. The lowest BCUT2D eigenvalue weighted by molar-refractivity contribution is 0.0924. The van der Waals surface area contributed by atoms with Gasteiger partial charge in [0.2, 0.25) is 0 Å². The van der Waals surface area contributed by atoms with Crippen molar-refractivity contribution >= 4 is 11.6 Å². The third-order valence-corrected chi connectivity index (χ3v) is 2.45. The molecular weight excluding hydrogens is 214 g/mol. The van der Waals surface area contributed by atoms with Gasteiger partial charge in [0.1, 0.15) is 0 Å². The van der Waals surface area contributed by atoms with Crippen LogP contribution in [0.5, 0.6) is 0 Å². The van der Waals surface area contributed by atoms with E-state index in [1.54, 1.807) is 0 Å². The number of hydrogen-bond acceptors (Lipinski definition) is 3. The Labute approximate surface area is 94.7 Å². The zero-order valence-corrected chi connectivity index (χ0v) is 9.41. The molecule has 0 saturated heterocycles. The Hall–Kier alpha value is -0.610. The Morgan fingerprint density at radius 3 is 2.80 bits per heavy atom. The minimum atomic E-state index is -0.716. The predicted molar refractivity (Wildman–Crippen MR) is 61.0 cm³/mol. The van der Waals surface area contributed by atoms with E-state index in [9.17, 15) is 0 Å². The van der Waals surface area contributed by atoms with Crippen LogP contribution in [0.1, 0.15) is 18.5 Å². The summed E-state index contributed by atoms with van der Waals surface area (Å²) in [4.78, 5) is 0. The van der Waals surface area contributed by atoms with Crippen LogP contribution in [0, 0.1) is 0 Å². The Bertz CT molecular complexity index is 306. The fourth-order valence-corrected chi connectivity index (χ4v) is 1.47. The smallest absolute Gasteiger partial charge is 0.0895 e. The van der Waals surface area contributed by atoms with Gasteiger partial charge in [-0.2, -0.15) is 0 Å². The SMILES string of the molecule is CC(NC[C@H](O)CO)c1cccc(Cl)c1. The summed E-state index contributed by atoms with van der Waals surface area (Å²) in [5, 5.41) is 21.6. The maximum Gasteiger partial charge on any atom is 0.0895 e. The van der Waals surface area contributed by atoms with Crippen molar-refractivity contribution in [1.82, 2.24) is 5.32 Å². The topological polar surface area (TPSA) is 52.5 Å². The van der Waals surface area contributed by atoms with Crippen molar-refractivity contribution in [2.45, 2.75) is 19.1 Å². The maximum absolute atomic E-state index is 9.17. The first-order chi connectivity index (χ1) is 7.13. The van der Waals surface area contributed by atoms with Crippen LogP contribution in [0.4, 0.5) is 0 Å². The van der Waals surface area contributed by atoms with Gasteiger partial charge in [-0.25, -0.2) is 0 Å². The highest BCUT2D eigenvalue weighted by molar-refractivity contribution is 6.30. The molecule has 3 nitrogen and oxygen atoms in total. The minimum absolute atomic E-state index is 0.102. The number of aliphatic hydroxyl groups is 2. The highest BCUT2D eigenvalue weighted by atomic mass is 35.5. The van der Waals surface area contributed by atoms with E-state index in [2.05, 4.69) is 5.32 Å². The summed E-state index contributed by atoms with van der Waals surface area (Å²) < 4.78 is 0. The molecule has 1 aromatic carbocycles. The summed E-state index contributed by atoms with van der Waals surface area (Å²) in [6.45, 7) is 2.12. The van der Waals surface area contributed by atoms with Gasteiger partial charge in [0.25, 0.3) is 0 Å². The molecule has 84 valence electrons. The first-order valence-corrected chi connectivity index (χ1v) is 5.29. The lowest BCUT2D eigenvalue weighted by Crippen LogP contribution is -2.31. The third-order valence-electron chi connectivity index (χ3n) is 2.22. The number of benzene rings is 1. The number of halogens is 1. The van der Waals surface area contributed by atoms with E-state index in [1.807, 2.05) is 31.2 Å². The molecule has 0 fully saturated rings. The van der Waals surface area contributed by atoms with E-state index >= 15 is 0 Å². The monoisotopic (exact) mass is 229 g/mol. The Morgan fingerprint density at radius 1 is 1.47 bits per heavy atom. The van der Waals surface area contributed by atoms with E-state index in [4.69, 9.17) is 21.8 Å². The van der Waals surface area contributed by atoms with Crippen molar-refractivity contribution in [2.24, 2.45) is 0 Å². The van der Waals surface area contributed by atoms with Crippen molar-refractivity contribution in [3.8, 4) is 0 Å². The molecule has 1 unspecified atom stereocenters. The summed E-state index contributed by atoms with van der Waals surface area (Å²) in [6, 6.07) is 7.66. The van der Waals surface area contributed by atoms with Gasteiger partial charge < -0.3 is 15.5 Å². The number of nitrogens with one attached hydrogen (secondary N) is 1. The molecule has 2 atom stereocenters. The number of aliphatic hydroxyl groups excluding tert-OH is 2. The second-order valence-electron chi connectivity index (χ2n) is 3.52. The molecule has 0 aromatic heterocycles. The van der Waals surface area contributed by atoms with Gasteiger partial charge in [-0.05, 0) is 24.6 Å². The number of rotatable bonds is 5. The molecule has 0 bridgehead atoms. The second-order valence-corrected chi connectivity index (χ2v) is 3.96.